The Morgan fingerprint density at radius 1 is 1.00 bits per heavy atom. The molecule has 0 N–H and O–H groups in total. The van der Waals surface area contributed by atoms with Crippen molar-refractivity contribution in [1.82, 2.24) is 0 Å². The fourth-order valence-electron chi connectivity index (χ4n) is 1.71. The van der Waals surface area contributed by atoms with E-state index in [2.05, 4.69) is 13.8 Å². The fraction of sp³-hybridized carbons (Fsp3) is 1.00. The van der Waals surface area contributed by atoms with E-state index in [1.807, 2.05) is 20.8 Å². The summed E-state index contributed by atoms with van der Waals surface area (Å²) in [6.45, 7) is 11.8. The standard InChI is InChI=1S/C9H21O3Si.C4H9.Co.O/c1-5-9-13(10-6-2,11-7-3)12-8-4;1-3-4-2;;/h1,5-9H2,2-4H3;3H,4H2,1-2H3;;. The molecule has 0 radical (unpaired) electrons. The third-order valence-corrected chi connectivity index (χ3v) is 8.37. The van der Waals surface area contributed by atoms with Crippen LogP contribution in [-0.4, -0.2) is 28.6 Å². The Morgan fingerprint density at radius 2 is 1.47 bits per heavy atom. The van der Waals surface area contributed by atoms with Crippen molar-refractivity contribution in [3.8, 4) is 0 Å². The van der Waals surface area contributed by atoms with Gasteiger partial charge in [-0.2, -0.15) is 0 Å². The SMILES string of the molecule is CCO[Si](CC[CH2][Co](=[O])[CH](C)CC)(OCC)OCC. The molecular weight excluding hydrogens is 307 g/mol. The summed E-state index contributed by atoms with van der Waals surface area (Å²) < 4.78 is 29.3. The number of hydrogen-bond acceptors (Lipinski definition) is 4. The van der Waals surface area contributed by atoms with Gasteiger partial charge in [-0.3, -0.25) is 0 Å². The average Bonchev–Trinajstić information content (AvgIpc) is 2.38. The third kappa shape index (κ3) is 7.67. The molecular formula is C13H30CoO4Si. The summed E-state index contributed by atoms with van der Waals surface area (Å²) in [5.41, 5.74) is 0. The van der Waals surface area contributed by atoms with Crippen LogP contribution >= 0.6 is 0 Å². The maximum absolute atomic E-state index is 12.0. The molecule has 0 aliphatic rings. The Hall–Kier alpha value is 0.403. The van der Waals surface area contributed by atoms with Gasteiger partial charge in [-0.1, -0.05) is 0 Å². The predicted octanol–water partition coefficient (Wildman–Crippen LogP) is 4.03. The number of hydrogen-bond donors (Lipinski definition) is 0. The monoisotopic (exact) mass is 337 g/mol. The number of rotatable bonds is 12. The summed E-state index contributed by atoms with van der Waals surface area (Å²) in [5.74, 6) is 0. The van der Waals surface area contributed by atoms with E-state index in [1.54, 1.807) is 0 Å². The normalized spacial score (nSPS) is 14.5. The van der Waals surface area contributed by atoms with E-state index >= 15 is 0 Å². The molecule has 0 saturated carbocycles. The second kappa shape index (κ2) is 11.1. The van der Waals surface area contributed by atoms with E-state index in [0.29, 0.717) is 24.7 Å². The average molecular weight is 337 g/mol. The first-order chi connectivity index (χ1) is 9.05. The van der Waals surface area contributed by atoms with Gasteiger partial charge in [-0.05, 0) is 0 Å². The molecule has 6 heteroatoms. The molecule has 0 heterocycles. The molecule has 4 nitrogen and oxygen atoms in total. The van der Waals surface area contributed by atoms with Gasteiger partial charge in [0.25, 0.3) is 0 Å². The van der Waals surface area contributed by atoms with E-state index < -0.39 is 22.4 Å². The van der Waals surface area contributed by atoms with Gasteiger partial charge in [-0.15, -0.1) is 0 Å². The summed E-state index contributed by atoms with van der Waals surface area (Å²) in [4.78, 5) is 0.301. The van der Waals surface area contributed by atoms with Crippen molar-refractivity contribution in [2.24, 2.45) is 0 Å². The molecule has 119 valence electrons. The molecule has 0 spiro atoms. The van der Waals surface area contributed by atoms with Crippen LogP contribution in [0.15, 0.2) is 0 Å². The Kier molecular flexibility index (Phi) is 11.3. The van der Waals surface area contributed by atoms with Gasteiger partial charge in [0, 0.05) is 0 Å². The van der Waals surface area contributed by atoms with Crippen molar-refractivity contribution in [3.05, 3.63) is 0 Å². The molecule has 0 aliphatic carbocycles. The van der Waals surface area contributed by atoms with Crippen LogP contribution < -0.4 is 0 Å². The van der Waals surface area contributed by atoms with E-state index in [1.165, 1.54) is 0 Å². The van der Waals surface area contributed by atoms with Crippen LogP contribution in [0.3, 0.4) is 0 Å². The van der Waals surface area contributed by atoms with Gasteiger partial charge < -0.3 is 0 Å². The van der Waals surface area contributed by atoms with Crippen LogP contribution in [0.25, 0.3) is 0 Å². The van der Waals surface area contributed by atoms with E-state index in [-0.39, 0.29) is 0 Å². The molecule has 0 rings (SSSR count). The molecule has 0 aliphatic heterocycles. The minimum absolute atomic E-state index is 0.301. The van der Waals surface area contributed by atoms with Crippen LogP contribution in [0.4, 0.5) is 0 Å². The van der Waals surface area contributed by atoms with Crippen molar-refractivity contribution in [2.45, 2.75) is 63.7 Å². The van der Waals surface area contributed by atoms with Gasteiger partial charge in [-0.25, -0.2) is 0 Å². The summed E-state index contributed by atoms with van der Waals surface area (Å²) in [5, 5.41) is 0.740. The molecule has 0 fully saturated rings. The Balaban J connectivity index is 4.35. The summed E-state index contributed by atoms with van der Waals surface area (Å²) >= 11 is -1.09. The van der Waals surface area contributed by atoms with Crippen molar-refractivity contribution < 1.29 is 30.7 Å². The first kappa shape index (κ1) is 19.4. The Morgan fingerprint density at radius 3 is 1.84 bits per heavy atom. The van der Waals surface area contributed by atoms with Gasteiger partial charge in [0.2, 0.25) is 0 Å². The molecule has 0 aromatic heterocycles. The van der Waals surface area contributed by atoms with Gasteiger partial charge in [0.1, 0.15) is 0 Å². The zero-order chi connectivity index (χ0) is 14.7. The Bertz CT molecular complexity index is 234. The maximum atomic E-state index is 12.0. The topological polar surface area (TPSA) is 44.8 Å². The molecule has 19 heavy (non-hydrogen) atoms. The zero-order valence-corrected chi connectivity index (χ0v) is 15.0. The summed E-state index contributed by atoms with van der Waals surface area (Å²) in [7, 11) is -2.54. The molecule has 1 unspecified atom stereocenters. The second-order valence-corrected chi connectivity index (χ2v) is 9.46. The minimum atomic E-state index is -2.54. The summed E-state index contributed by atoms with van der Waals surface area (Å²) in [6, 6.07) is 0.763. The van der Waals surface area contributed by atoms with Gasteiger partial charge in [0.05, 0.1) is 0 Å². The van der Waals surface area contributed by atoms with Crippen LogP contribution in [0.5, 0.6) is 0 Å². The van der Waals surface area contributed by atoms with Crippen LogP contribution in [0.2, 0.25) is 16.3 Å². The van der Waals surface area contributed by atoms with Crippen LogP contribution in [0.1, 0.15) is 47.5 Å². The van der Waals surface area contributed by atoms with Gasteiger partial charge >= 0.3 is 123 Å². The third-order valence-electron chi connectivity index (χ3n) is 2.77. The van der Waals surface area contributed by atoms with Crippen molar-refractivity contribution >= 4 is 8.80 Å². The molecule has 0 aromatic carbocycles. The van der Waals surface area contributed by atoms with Crippen LogP contribution in [-0.2, 0) is 30.7 Å². The van der Waals surface area contributed by atoms with Crippen molar-refractivity contribution in [1.29, 1.82) is 0 Å². The molecule has 1 atom stereocenters. The van der Waals surface area contributed by atoms with Crippen molar-refractivity contribution in [2.75, 3.05) is 19.8 Å². The fourth-order valence-corrected chi connectivity index (χ4v) is 6.16. The van der Waals surface area contributed by atoms with Crippen LogP contribution in [0, 0.1) is 0 Å². The quantitative estimate of drug-likeness (QED) is 0.505. The van der Waals surface area contributed by atoms with E-state index in [9.17, 15) is 3.87 Å². The zero-order valence-electron chi connectivity index (χ0n) is 13.0. The molecule has 0 aromatic rings. The molecule has 0 bridgehead atoms. The first-order valence-electron chi connectivity index (χ1n) is 7.21. The van der Waals surface area contributed by atoms with E-state index in [0.717, 1.165) is 24.2 Å². The molecule has 0 saturated heterocycles. The second-order valence-electron chi connectivity index (χ2n) is 4.21. The Labute approximate surface area is 123 Å². The first-order valence-corrected chi connectivity index (χ1v) is 10.9. The molecule has 0 amide bonds. The van der Waals surface area contributed by atoms with Crippen molar-refractivity contribution in [3.63, 3.8) is 0 Å². The predicted molar refractivity (Wildman–Crippen MR) is 75.3 cm³/mol. The van der Waals surface area contributed by atoms with Gasteiger partial charge in [0.15, 0.2) is 0 Å². The summed E-state index contributed by atoms with van der Waals surface area (Å²) in [6.07, 6.45) is 1.82. The van der Waals surface area contributed by atoms with E-state index in [4.69, 9.17) is 13.3 Å².